The van der Waals surface area contributed by atoms with Crippen molar-refractivity contribution in [3.05, 3.63) is 0 Å². The number of hydrogen-bond acceptors (Lipinski definition) is 0. The molecule has 0 radical (unpaired) electrons. The molecule has 0 aromatic rings. The summed E-state index contributed by atoms with van der Waals surface area (Å²) in [5.41, 5.74) is 0.533. The van der Waals surface area contributed by atoms with E-state index in [2.05, 4.69) is 13.8 Å². The third-order valence-electron chi connectivity index (χ3n) is 1.59. The van der Waals surface area contributed by atoms with Crippen LogP contribution >= 0.6 is 22.2 Å². The average Bonchev–Trinajstić information content (AvgIpc) is 1.64. The van der Waals surface area contributed by atoms with Gasteiger partial charge in [-0.15, -0.1) is 22.2 Å². The average molecular weight is 185 g/mol. The van der Waals surface area contributed by atoms with E-state index in [1.165, 1.54) is 6.42 Å². The molecule has 0 aliphatic heterocycles. The Morgan fingerprint density at radius 2 is 1.89 bits per heavy atom. The van der Waals surface area contributed by atoms with Crippen LogP contribution in [0.2, 0.25) is 12.1 Å². The molecule has 0 N–H and O–H groups in total. The Hall–Kier alpha value is 0.797. The predicted octanol–water partition coefficient (Wildman–Crippen LogP) is 3.73. The summed E-state index contributed by atoms with van der Waals surface area (Å²) in [6.45, 7) is 4.44. The molecule has 0 heterocycles. The van der Waals surface area contributed by atoms with Crippen LogP contribution in [0.4, 0.5) is 0 Å². The van der Waals surface area contributed by atoms with Crippen LogP contribution in [0.15, 0.2) is 0 Å². The topological polar surface area (TPSA) is 0 Å². The van der Waals surface area contributed by atoms with Gasteiger partial charge in [-0.2, -0.15) is 0 Å². The van der Waals surface area contributed by atoms with Gasteiger partial charge in [0.15, 0.2) is 0 Å². The van der Waals surface area contributed by atoms with Crippen molar-refractivity contribution < 1.29 is 0 Å². The quantitative estimate of drug-likeness (QED) is 0.464. The second-order valence-corrected chi connectivity index (χ2v) is 10.8. The SMILES string of the molecule is CCCC(C)[Si](C)(Cl)Cl. The summed E-state index contributed by atoms with van der Waals surface area (Å²) in [5.74, 6) is 0. The molecule has 0 saturated carbocycles. The van der Waals surface area contributed by atoms with E-state index < -0.39 is 6.69 Å². The molecule has 0 aliphatic rings. The highest BCUT2D eigenvalue weighted by atomic mass is 35.7. The lowest BCUT2D eigenvalue weighted by molar-refractivity contribution is 0.758. The third kappa shape index (κ3) is 4.23. The van der Waals surface area contributed by atoms with E-state index in [-0.39, 0.29) is 0 Å². The van der Waals surface area contributed by atoms with Crippen molar-refractivity contribution in [2.24, 2.45) is 0 Å². The van der Waals surface area contributed by atoms with Gasteiger partial charge >= 0.3 is 0 Å². The van der Waals surface area contributed by atoms with Crippen LogP contribution in [0.5, 0.6) is 0 Å². The van der Waals surface area contributed by atoms with E-state index in [0.717, 1.165) is 6.42 Å². The maximum absolute atomic E-state index is 5.97. The number of halogens is 2. The zero-order chi connectivity index (χ0) is 7.49. The van der Waals surface area contributed by atoms with Gasteiger partial charge in [0, 0.05) is 0 Å². The molecule has 3 heteroatoms. The first-order chi connectivity index (χ1) is 3.98. The standard InChI is InChI=1S/C6H14Cl2Si/c1-4-5-6(2)9(3,7)8/h6H,4-5H2,1-3H3. The largest absolute Gasteiger partial charge is 0.251 e. The van der Waals surface area contributed by atoms with Gasteiger partial charge in [0.2, 0.25) is 0 Å². The van der Waals surface area contributed by atoms with Crippen molar-refractivity contribution in [3.8, 4) is 0 Å². The molecular formula is C6H14Cl2Si. The molecule has 0 saturated heterocycles. The van der Waals surface area contributed by atoms with Gasteiger partial charge in [0.1, 0.15) is 0 Å². The zero-order valence-electron chi connectivity index (χ0n) is 6.25. The first-order valence-corrected chi connectivity index (χ1v) is 7.96. The van der Waals surface area contributed by atoms with Crippen LogP contribution in [0.25, 0.3) is 0 Å². The molecule has 0 nitrogen and oxygen atoms in total. The summed E-state index contributed by atoms with van der Waals surface area (Å²) in [6, 6.07) is 0. The minimum atomic E-state index is -1.84. The highest BCUT2D eigenvalue weighted by Crippen LogP contribution is 2.32. The summed E-state index contributed by atoms with van der Waals surface area (Å²) in [5, 5.41) is 0. The second kappa shape index (κ2) is 3.84. The Balaban J connectivity index is 3.59. The Labute approximate surface area is 68.0 Å². The fourth-order valence-corrected chi connectivity index (χ4v) is 2.14. The maximum Gasteiger partial charge on any atom is 0.251 e. The Morgan fingerprint density at radius 3 is 2.00 bits per heavy atom. The fraction of sp³-hybridized carbons (Fsp3) is 1.00. The highest BCUT2D eigenvalue weighted by molar-refractivity contribution is 7.45. The summed E-state index contributed by atoms with van der Waals surface area (Å²) in [6.07, 6.45) is 2.35. The molecule has 0 aromatic heterocycles. The van der Waals surface area contributed by atoms with Crippen LogP contribution in [0, 0.1) is 0 Å². The monoisotopic (exact) mass is 184 g/mol. The zero-order valence-corrected chi connectivity index (χ0v) is 8.76. The number of rotatable bonds is 3. The van der Waals surface area contributed by atoms with E-state index in [1.54, 1.807) is 0 Å². The van der Waals surface area contributed by atoms with E-state index in [1.807, 2.05) is 6.55 Å². The van der Waals surface area contributed by atoms with Crippen molar-refractivity contribution in [2.45, 2.75) is 38.8 Å². The Kier molecular flexibility index (Phi) is 4.18. The van der Waals surface area contributed by atoms with E-state index in [9.17, 15) is 0 Å². The van der Waals surface area contributed by atoms with Crippen molar-refractivity contribution in [3.63, 3.8) is 0 Å². The minimum absolute atomic E-state index is 0.533. The predicted molar refractivity (Wildman–Crippen MR) is 47.7 cm³/mol. The van der Waals surface area contributed by atoms with Crippen molar-refractivity contribution >= 4 is 28.9 Å². The van der Waals surface area contributed by atoms with Crippen LogP contribution in [-0.4, -0.2) is 6.69 Å². The first-order valence-electron chi connectivity index (χ1n) is 3.36. The fourth-order valence-electron chi connectivity index (χ4n) is 0.686. The van der Waals surface area contributed by atoms with E-state index in [4.69, 9.17) is 22.2 Å². The molecule has 0 rings (SSSR count). The summed E-state index contributed by atoms with van der Waals surface area (Å²) >= 11 is 11.9. The minimum Gasteiger partial charge on any atom is -0.146 e. The third-order valence-corrected chi connectivity index (χ3v) is 5.84. The molecule has 1 atom stereocenters. The molecule has 0 aliphatic carbocycles. The Morgan fingerprint density at radius 1 is 1.44 bits per heavy atom. The van der Waals surface area contributed by atoms with Gasteiger partial charge in [-0.05, 0) is 12.1 Å². The first kappa shape index (κ1) is 9.80. The molecule has 0 bridgehead atoms. The van der Waals surface area contributed by atoms with Crippen molar-refractivity contribution in [1.82, 2.24) is 0 Å². The lowest BCUT2D eigenvalue weighted by Crippen LogP contribution is -2.19. The van der Waals surface area contributed by atoms with Crippen molar-refractivity contribution in [1.29, 1.82) is 0 Å². The Bertz CT molecular complexity index is 77.6. The van der Waals surface area contributed by atoms with E-state index in [0.29, 0.717) is 5.54 Å². The summed E-state index contributed by atoms with van der Waals surface area (Å²) in [4.78, 5) is 0. The van der Waals surface area contributed by atoms with Gasteiger partial charge in [-0.3, -0.25) is 0 Å². The number of hydrogen-bond donors (Lipinski definition) is 0. The van der Waals surface area contributed by atoms with Crippen molar-refractivity contribution in [2.75, 3.05) is 0 Å². The molecule has 1 unspecified atom stereocenters. The molecule has 0 amide bonds. The molecule has 0 spiro atoms. The summed E-state index contributed by atoms with van der Waals surface area (Å²) < 4.78 is 0. The van der Waals surface area contributed by atoms with Gasteiger partial charge in [-0.25, -0.2) is 0 Å². The van der Waals surface area contributed by atoms with Crippen LogP contribution in [0.3, 0.4) is 0 Å². The van der Waals surface area contributed by atoms with Crippen LogP contribution in [0.1, 0.15) is 26.7 Å². The molecule has 56 valence electrons. The van der Waals surface area contributed by atoms with Crippen LogP contribution < -0.4 is 0 Å². The lowest BCUT2D eigenvalue weighted by atomic mass is 10.3. The van der Waals surface area contributed by atoms with E-state index >= 15 is 0 Å². The maximum atomic E-state index is 5.97. The van der Waals surface area contributed by atoms with Gasteiger partial charge < -0.3 is 0 Å². The summed E-state index contributed by atoms with van der Waals surface area (Å²) in [7, 11) is 0. The molecular weight excluding hydrogens is 171 g/mol. The normalized spacial score (nSPS) is 15.7. The van der Waals surface area contributed by atoms with Gasteiger partial charge in [0.05, 0.1) is 0 Å². The lowest BCUT2D eigenvalue weighted by Gasteiger charge is -2.18. The highest BCUT2D eigenvalue weighted by Gasteiger charge is 2.28. The van der Waals surface area contributed by atoms with Gasteiger partial charge in [-0.1, -0.05) is 26.7 Å². The molecule has 0 aromatic carbocycles. The van der Waals surface area contributed by atoms with Crippen LogP contribution in [-0.2, 0) is 0 Å². The smallest absolute Gasteiger partial charge is 0.146 e. The molecule has 0 fully saturated rings. The van der Waals surface area contributed by atoms with Gasteiger partial charge in [0.25, 0.3) is 6.69 Å². The second-order valence-electron chi connectivity index (χ2n) is 2.65. The molecule has 9 heavy (non-hydrogen) atoms.